The first-order chi connectivity index (χ1) is 10.4. The van der Waals surface area contributed by atoms with Crippen molar-refractivity contribution in [1.82, 2.24) is 10.2 Å². The Hall–Kier alpha value is -1.10. The highest BCUT2D eigenvalue weighted by molar-refractivity contribution is 6.31. The summed E-state index contributed by atoms with van der Waals surface area (Å²) in [6.07, 6.45) is 0. The molecule has 0 heterocycles. The third-order valence-corrected chi connectivity index (χ3v) is 4.53. The van der Waals surface area contributed by atoms with E-state index >= 15 is 0 Å². The summed E-state index contributed by atoms with van der Waals surface area (Å²) in [6.45, 7) is 10.2. The molecular weight excluding hydrogens is 298 g/mol. The van der Waals surface area contributed by atoms with Gasteiger partial charge in [-0.2, -0.15) is 0 Å². The smallest absolute Gasteiger partial charge is 0.224 e. The van der Waals surface area contributed by atoms with Crippen LogP contribution in [0.1, 0.15) is 39.3 Å². The highest BCUT2D eigenvalue weighted by Gasteiger charge is 2.23. The Balaban J connectivity index is 2.89. The van der Waals surface area contributed by atoms with Gasteiger partial charge in [0, 0.05) is 23.5 Å². The summed E-state index contributed by atoms with van der Waals surface area (Å²) in [5, 5.41) is 3.75. The number of nitrogens with one attached hydrogen (secondary N) is 1. The standard InChI is InChI=1S/C17H28ClN3O/c1-5-21(6-2)16(14-9-7-8-10-15(14)18)11-20-17(22)12(3)13(4)19/h7-10,12-13,16H,5-6,11,19H2,1-4H3,(H,20,22). The predicted octanol–water partition coefficient (Wildman–Crippen LogP) is 2.82. The van der Waals surface area contributed by atoms with Gasteiger partial charge in [-0.05, 0) is 31.6 Å². The molecule has 0 aliphatic heterocycles. The molecule has 0 aliphatic carbocycles. The van der Waals surface area contributed by atoms with Crippen molar-refractivity contribution in [2.24, 2.45) is 11.7 Å². The number of nitrogens with two attached hydrogens (primary N) is 1. The second kappa shape index (κ2) is 9.13. The van der Waals surface area contributed by atoms with Gasteiger partial charge in [0.2, 0.25) is 5.91 Å². The first-order valence-corrected chi connectivity index (χ1v) is 8.31. The first kappa shape index (κ1) is 18.9. The third kappa shape index (κ3) is 4.97. The molecule has 0 saturated carbocycles. The van der Waals surface area contributed by atoms with Gasteiger partial charge < -0.3 is 11.1 Å². The molecule has 3 atom stereocenters. The normalized spacial score (nSPS) is 15.4. The lowest BCUT2D eigenvalue weighted by molar-refractivity contribution is -0.125. The minimum absolute atomic E-state index is 0.0146. The average Bonchev–Trinajstić information content (AvgIpc) is 2.51. The van der Waals surface area contributed by atoms with Crippen LogP contribution in [0.4, 0.5) is 0 Å². The van der Waals surface area contributed by atoms with Gasteiger partial charge in [-0.25, -0.2) is 0 Å². The fraction of sp³-hybridized carbons (Fsp3) is 0.588. The van der Waals surface area contributed by atoms with E-state index in [0.717, 1.165) is 23.7 Å². The lowest BCUT2D eigenvalue weighted by Crippen LogP contribution is -2.43. The average molecular weight is 326 g/mol. The number of amides is 1. The van der Waals surface area contributed by atoms with E-state index in [9.17, 15) is 4.79 Å². The summed E-state index contributed by atoms with van der Waals surface area (Å²) in [5.74, 6) is -0.220. The van der Waals surface area contributed by atoms with Gasteiger partial charge in [-0.1, -0.05) is 50.6 Å². The molecule has 0 aliphatic rings. The topological polar surface area (TPSA) is 58.4 Å². The van der Waals surface area contributed by atoms with Crippen LogP contribution >= 0.6 is 11.6 Å². The lowest BCUT2D eigenvalue weighted by Gasteiger charge is -2.31. The zero-order valence-corrected chi connectivity index (χ0v) is 14.7. The molecule has 1 aromatic rings. The molecule has 22 heavy (non-hydrogen) atoms. The molecule has 0 aromatic heterocycles. The predicted molar refractivity (Wildman–Crippen MR) is 92.9 cm³/mol. The van der Waals surface area contributed by atoms with Crippen LogP contribution in [0.3, 0.4) is 0 Å². The number of hydrogen-bond acceptors (Lipinski definition) is 3. The lowest BCUT2D eigenvalue weighted by atomic mass is 10.0. The molecule has 124 valence electrons. The molecule has 0 bridgehead atoms. The summed E-state index contributed by atoms with van der Waals surface area (Å²) in [6, 6.07) is 7.71. The Morgan fingerprint density at radius 2 is 1.86 bits per heavy atom. The Morgan fingerprint density at radius 3 is 2.36 bits per heavy atom. The second-order valence-electron chi connectivity index (χ2n) is 5.65. The van der Waals surface area contributed by atoms with Crippen LogP contribution in [0.2, 0.25) is 5.02 Å². The zero-order chi connectivity index (χ0) is 16.7. The van der Waals surface area contributed by atoms with Crippen molar-refractivity contribution in [3.8, 4) is 0 Å². The Labute approximate surface area is 139 Å². The maximum atomic E-state index is 12.2. The SMILES string of the molecule is CCN(CC)C(CNC(=O)C(C)C(C)N)c1ccccc1Cl. The molecule has 3 N–H and O–H groups in total. The van der Waals surface area contributed by atoms with Crippen LogP contribution < -0.4 is 11.1 Å². The van der Waals surface area contributed by atoms with Gasteiger partial charge in [-0.3, -0.25) is 9.69 Å². The van der Waals surface area contributed by atoms with E-state index < -0.39 is 0 Å². The molecule has 0 spiro atoms. The van der Waals surface area contributed by atoms with Crippen molar-refractivity contribution in [2.45, 2.75) is 39.8 Å². The Kier molecular flexibility index (Phi) is 7.87. The van der Waals surface area contributed by atoms with Gasteiger partial charge in [0.1, 0.15) is 0 Å². The summed E-state index contributed by atoms with van der Waals surface area (Å²) in [5.41, 5.74) is 6.84. The number of rotatable bonds is 8. The van der Waals surface area contributed by atoms with Crippen LogP contribution in [-0.2, 0) is 4.79 Å². The van der Waals surface area contributed by atoms with Gasteiger partial charge in [-0.15, -0.1) is 0 Å². The number of nitrogens with zero attached hydrogens (tertiary/aromatic N) is 1. The molecule has 1 rings (SSSR count). The van der Waals surface area contributed by atoms with E-state index in [2.05, 4.69) is 24.1 Å². The van der Waals surface area contributed by atoms with E-state index in [-0.39, 0.29) is 23.9 Å². The van der Waals surface area contributed by atoms with Crippen LogP contribution in [-0.4, -0.2) is 36.5 Å². The molecule has 4 nitrogen and oxygen atoms in total. The second-order valence-corrected chi connectivity index (χ2v) is 6.06. The van der Waals surface area contributed by atoms with Gasteiger partial charge in [0.15, 0.2) is 0 Å². The largest absolute Gasteiger partial charge is 0.354 e. The number of hydrogen-bond donors (Lipinski definition) is 2. The number of carbonyl (C=O) groups is 1. The quantitative estimate of drug-likeness (QED) is 0.772. The Bertz CT molecular complexity index is 475. The molecule has 1 amide bonds. The minimum atomic E-state index is -0.205. The molecule has 0 fully saturated rings. The van der Waals surface area contributed by atoms with E-state index in [1.165, 1.54) is 0 Å². The van der Waals surface area contributed by atoms with Gasteiger partial charge >= 0.3 is 0 Å². The highest BCUT2D eigenvalue weighted by atomic mass is 35.5. The molecule has 5 heteroatoms. The molecule has 0 radical (unpaired) electrons. The highest BCUT2D eigenvalue weighted by Crippen LogP contribution is 2.27. The summed E-state index contributed by atoms with van der Waals surface area (Å²) >= 11 is 6.35. The summed E-state index contributed by atoms with van der Waals surface area (Å²) in [7, 11) is 0. The number of carbonyl (C=O) groups excluding carboxylic acids is 1. The monoisotopic (exact) mass is 325 g/mol. The molecule has 1 aromatic carbocycles. The summed E-state index contributed by atoms with van der Waals surface area (Å²) in [4.78, 5) is 14.5. The maximum absolute atomic E-state index is 12.2. The fourth-order valence-electron chi connectivity index (χ4n) is 2.44. The van der Waals surface area contributed by atoms with Crippen LogP contribution in [0.15, 0.2) is 24.3 Å². The van der Waals surface area contributed by atoms with Gasteiger partial charge in [0.25, 0.3) is 0 Å². The Morgan fingerprint density at radius 1 is 1.27 bits per heavy atom. The molecule has 0 saturated heterocycles. The van der Waals surface area contributed by atoms with E-state index in [0.29, 0.717) is 6.54 Å². The number of halogens is 1. The third-order valence-electron chi connectivity index (χ3n) is 4.19. The minimum Gasteiger partial charge on any atom is -0.354 e. The van der Waals surface area contributed by atoms with Crippen LogP contribution in [0, 0.1) is 5.92 Å². The van der Waals surface area contributed by atoms with Gasteiger partial charge in [0.05, 0.1) is 6.04 Å². The first-order valence-electron chi connectivity index (χ1n) is 7.94. The van der Waals surface area contributed by atoms with E-state index in [4.69, 9.17) is 17.3 Å². The van der Waals surface area contributed by atoms with Crippen LogP contribution in [0.5, 0.6) is 0 Å². The van der Waals surface area contributed by atoms with Crippen molar-refractivity contribution in [3.63, 3.8) is 0 Å². The van der Waals surface area contributed by atoms with Crippen molar-refractivity contribution in [3.05, 3.63) is 34.9 Å². The fourth-order valence-corrected chi connectivity index (χ4v) is 2.70. The number of benzene rings is 1. The number of likely N-dealkylation sites (N-methyl/N-ethyl adjacent to an activating group) is 1. The molecular formula is C17H28ClN3O. The maximum Gasteiger partial charge on any atom is 0.224 e. The van der Waals surface area contributed by atoms with Crippen LogP contribution in [0.25, 0.3) is 0 Å². The zero-order valence-electron chi connectivity index (χ0n) is 14.0. The van der Waals surface area contributed by atoms with Crippen molar-refractivity contribution >= 4 is 17.5 Å². The van der Waals surface area contributed by atoms with E-state index in [1.807, 2.05) is 38.1 Å². The molecule has 3 unspecified atom stereocenters. The van der Waals surface area contributed by atoms with Crippen molar-refractivity contribution in [1.29, 1.82) is 0 Å². The van der Waals surface area contributed by atoms with E-state index in [1.54, 1.807) is 0 Å². The van der Waals surface area contributed by atoms with Crippen molar-refractivity contribution < 1.29 is 4.79 Å². The van der Waals surface area contributed by atoms with Crippen molar-refractivity contribution in [2.75, 3.05) is 19.6 Å². The summed E-state index contributed by atoms with van der Waals surface area (Å²) < 4.78 is 0.